The summed E-state index contributed by atoms with van der Waals surface area (Å²) in [5.41, 5.74) is 3.02. The maximum Gasteiger partial charge on any atom is 0.226 e. The zero-order valence-corrected chi connectivity index (χ0v) is 18.7. The van der Waals surface area contributed by atoms with Crippen LogP contribution in [0.5, 0.6) is 5.75 Å². The summed E-state index contributed by atoms with van der Waals surface area (Å²) in [5, 5.41) is 5.99. The SMILES string of the molecule is CCOc1ccccc1-c1nc(CC(=O)NCC(c2ccccc2)N2CCCC2)cs1. The number of carbonyl (C=O) groups excluding carboxylic acids is 1. The average Bonchev–Trinajstić information content (AvgIpc) is 3.48. The van der Waals surface area contributed by atoms with Crippen molar-refractivity contribution in [2.24, 2.45) is 0 Å². The molecule has 0 spiro atoms. The molecule has 1 fully saturated rings. The number of para-hydroxylation sites is 1. The van der Waals surface area contributed by atoms with Crippen LogP contribution in [0.2, 0.25) is 0 Å². The molecule has 0 radical (unpaired) electrons. The average molecular weight is 436 g/mol. The summed E-state index contributed by atoms with van der Waals surface area (Å²) in [5.74, 6) is 0.835. The number of rotatable bonds is 9. The largest absolute Gasteiger partial charge is 0.493 e. The topological polar surface area (TPSA) is 54.5 Å². The summed E-state index contributed by atoms with van der Waals surface area (Å²) in [7, 11) is 0. The molecular formula is C25H29N3O2S. The van der Waals surface area contributed by atoms with Gasteiger partial charge in [-0.15, -0.1) is 11.3 Å². The molecule has 2 aromatic carbocycles. The van der Waals surface area contributed by atoms with Gasteiger partial charge in [0.05, 0.1) is 30.3 Å². The summed E-state index contributed by atoms with van der Waals surface area (Å²) >= 11 is 1.55. The fraction of sp³-hybridized carbons (Fsp3) is 0.360. The van der Waals surface area contributed by atoms with E-state index in [1.54, 1.807) is 11.3 Å². The Morgan fingerprint density at radius 2 is 1.87 bits per heavy atom. The van der Waals surface area contributed by atoms with E-state index >= 15 is 0 Å². The molecule has 0 bridgehead atoms. The first-order valence-corrected chi connectivity index (χ1v) is 11.8. The molecule has 1 saturated heterocycles. The highest BCUT2D eigenvalue weighted by Gasteiger charge is 2.24. The molecule has 5 nitrogen and oxygen atoms in total. The van der Waals surface area contributed by atoms with E-state index in [2.05, 4.69) is 34.5 Å². The van der Waals surface area contributed by atoms with Crippen molar-refractivity contribution >= 4 is 17.2 Å². The Labute approximate surface area is 188 Å². The Hall–Kier alpha value is -2.70. The third kappa shape index (κ3) is 5.51. The van der Waals surface area contributed by atoms with Crippen LogP contribution in [0.25, 0.3) is 10.6 Å². The van der Waals surface area contributed by atoms with Crippen LogP contribution in [-0.2, 0) is 11.2 Å². The van der Waals surface area contributed by atoms with Gasteiger partial charge in [0.15, 0.2) is 0 Å². The van der Waals surface area contributed by atoms with E-state index in [4.69, 9.17) is 9.72 Å². The fourth-order valence-corrected chi connectivity index (χ4v) is 4.91. The van der Waals surface area contributed by atoms with Crippen molar-refractivity contribution < 1.29 is 9.53 Å². The van der Waals surface area contributed by atoms with Gasteiger partial charge in [0, 0.05) is 11.9 Å². The number of hydrogen-bond acceptors (Lipinski definition) is 5. The molecule has 2 heterocycles. The molecule has 162 valence electrons. The Morgan fingerprint density at radius 1 is 1.13 bits per heavy atom. The quantitative estimate of drug-likeness (QED) is 0.529. The van der Waals surface area contributed by atoms with Gasteiger partial charge in [-0.2, -0.15) is 0 Å². The number of ether oxygens (including phenoxy) is 1. The highest BCUT2D eigenvalue weighted by Crippen LogP contribution is 2.32. The van der Waals surface area contributed by atoms with Crippen molar-refractivity contribution in [3.05, 3.63) is 71.2 Å². The summed E-state index contributed by atoms with van der Waals surface area (Å²) < 4.78 is 5.72. The van der Waals surface area contributed by atoms with E-state index in [1.807, 2.05) is 42.6 Å². The molecule has 1 N–H and O–H groups in total. The van der Waals surface area contributed by atoms with Crippen LogP contribution in [0.15, 0.2) is 60.0 Å². The molecule has 0 saturated carbocycles. The summed E-state index contributed by atoms with van der Waals surface area (Å²) in [6.45, 7) is 5.37. The van der Waals surface area contributed by atoms with Gasteiger partial charge in [-0.1, -0.05) is 42.5 Å². The lowest BCUT2D eigenvalue weighted by atomic mass is 10.1. The smallest absolute Gasteiger partial charge is 0.226 e. The number of nitrogens with one attached hydrogen (secondary N) is 1. The summed E-state index contributed by atoms with van der Waals surface area (Å²) in [4.78, 5) is 19.9. The maximum atomic E-state index is 12.7. The van der Waals surface area contributed by atoms with E-state index in [0.29, 0.717) is 13.2 Å². The first-order valence-electron chi connectivity index (χ1n) is 11.0. The van der Waals surface area contributed by atoms with E-state index < -0.39 is 0 Å². The Balaban J connectivity index is 1.39. The second-order valence-corrected chi connectivity index (χ2v) is 8.58. The van der Waals surface area contributed by atoms with Gasteiger partial charge in [-0.3, -0.25) is 9.69 Å². The van der Waals surface area contributed by atoms with Crippen molar-refractivity contribution in [2.45, 2.75) is 32.2 Å². The Morgan fingerprint density at radius 3 is 2.65 bits per heavy atom. The van der Waals surface area contributed by atoms with Crippen LogP contribution in [0.3, 0.4) is 0 Å². The van der Waals surface area contributed by atoms with Crippen LogP contribution in [0.1, 0.15) is 37.1 Å². The van der Waals surface area contributed by atoms with Gasteiger partial charge in [0.25, 0.3) is 0 Å². The number of carbonyl (C=O) groups is 1. The van der Waals surface area contributed by atoms with Crippen LogP contribution >= 0.6 is 11.3 Å². The molecule has 1 amide bonds. The molecule has 6 heteroatoms. The highest BCUT2D eigenvalue weighted by atomic mass is 32.1. The van der Waals surface area contributed by atoms with E-state index in [1.165, 1.54) is 18.4 Å². The minimum atomic E-state index is 0.00933. The molecule has 1 aliphatic rings. The van der Waals surface area contributed by atoms with Gasteiger partial charge in [-0.05, 0) is 50.6 Å². The summed E-state index contributed by atoms with van der Waals surface area (Å²) in [6.07, 6.45) is 2.74. The Bertz CT molecular complexity index is 983. The molecule has 31 heavy (non-hydrogen) atoms. The van der Waals surface area contributed by atoms with Crippen molar-refractivity contribution in [1.82, 2.24) is 15.2 Å². The first-order chi connectivity index (χ1) is 15.2. The number of amides is 1. The van der Waals surface area contributed by atoms with Gasteiger partial charge >= 0.3 is 0 Å². The lowest BCUT2D eigenvalue weighted by Crippen LogP contribution is -2.37. The van der Waals surface area contributed by atoms with Crippen molar-refractivity contribution in [3.8, 4) is 16.3 Å². The fourth-order valence-electron chi connectivity index (χ4n) is 4.06. The van der Waals surface area contributed by atoms with Crippen LogP contribution in [0, 0.1) is 0 Å². The Kier molecular flexibility index (Phi) is 7.33. The van der Waals surface area contributed by atoms with Gasteiger partial charge in [0.2, 0.25) is 5.91 Å². The van der Waals surface area contributed by atoms with Crippen LogP contribution < -0.4 is 10.1 Å². The maximum absolute atomic E-state index is 12.7. The van der Waals surface area contributed by atoms with E-state index in [-0.39, 0.29) is 18.4 Å². The molecule has 0 aliphatic carbocycles. The lowest BCUT2D eigenvalue weighted by molar-refractivity contribution is -0.120. The third-order valence-electron chi connectivity index (χ3n) is 5.57. The molecule has 1 unspecified atom stereocenters. The standard InChI is InChI=1S/C25H29N3O2S/c1-2-30-23-13-7-6-12-21(23)25-27-20(18-31-25)16-24(29)26-17-22(28-14-8-9-15-28)19-10-4-3-5-11-19/h3-7,10-13,18,22H,2,8-9,14-17H2,1H3,(H,26,29). The monoisotopic (exact) mass is 435 g/mol. The molecule has 1 atom stereocenters. The van der Waals surface area contributed by atoms with Gasteiger partial charge in [-0.25, -0.2) is 4.98 Å². The summed E-state index contributed by atoms with van der Waals surface area (Å²) in [6, 6.07) is 18.6. The number of thiazole rings is 1. The normalized spacial score (nSPS) is 15.0. The van der Waals surface area contributed by atoms with E-state index in [0.717, 1.165) is 35.1 Å². The third-order valence-corrected chi connectivity index (χ3v) is 6.49. The van der Waals surface area contributed by atoms with Crippen molar-refractivity contribution in [3.63, 3.8) is 0 Å². The minimum absolute atomic E-state index is 0.00933. The van der Waals surface area contributed by atoms with Crippen molar-refractivity contribution in [2.75, 3.05) is 26.2 Å². The number of benzene rings is 2. The second kappa shape index (κ2) is 10.6. The van der Waals surface area contributed by atoms with Gasteiger partial charge in [0.1, 0.15) is 10.8 Å². The van der Waals surface area contributed by atoms with E-state index in [9.17, 15) is 4.79 Å². The minimum Gasteiger partial charge on any atom is -0.493 e. The van der Waals surface area contributed by atoms with Gasteiger partial charge < -0.3 is 10.1 Å². The molecule has 1 aromatic heterocycles. The zero-order valence-electron chi connectivity index (χ0n) is 17.9. The second-order valence-electron chi connectivity index (χ2n) is 7.72. The van der Waals surface area contributed by atoms with Crippen LogP contribution in [-0.4, -0.2) is 42.0 Å². The molecule has 3 aromatic rings. The van der Waals surface area contributed by atoms with Crippen LogP contribution in [0.4, 0.5) is 0 Å². The lowest BCUT2D eigenvalue weighted by Gasteiger charge is -2.28. The molecule has 4 rings (SSSR count). The number of hydrogen-bond donors (Lipinski definition) is 1. The highest BCUT2D eigenvalue weighted by molar-refractivity contribution is 7.13. The number of likely N-dealkylation sites (tertiary alicyclic amines) is 1. The predicted molar refractivity (Wildman–Crippen MR) is 125 cm³/mol. The molecular weight excluding hydrogens is 406 g/mol. The predicted octanol–water partition coefficient (Wildman–Crippen LogP) is 4.70. The van der Waals surface area contributed by atoms with Crippen molar-refractivity contribution in [1.29, 1.82) is 0 Å². The first kappa shape index (κ1) is 21.5. The zero-order chi connectivity index (χ0) is 21.5. The number of aromatic nitrogens is 1. The molecule has 1 aliphatic heterocycles. The number of nitrogens with zero attached hydrogens (tertiary/aromatic N) is 2.